The van der Waals surface area contributed by atoms with Gasteiger partial charge in [-0.2, -0.15) is 0 Å². The molecule has 1 aromatic heterocycles. The summed E-state index contributed by atoms with van der Waals surface area (Å²) in [6.45, 7) is 11.0. The fourth-order valence-electron chi connectivity index (χ4n) is 4.65. The van der Waals surface area contributed by atoms with Crippen molar-refractivity contribution >= 4 is 0 Å². The van der Waals surface area contributed by atoms with Gasteiger partial charge in [0.05, 0.1) is 12.6 Å². The number of nitrogens with one attached hydrogen (secondary N) is 1. The van der Waals surface area contributed by atoms with Gasteiger partial charge in [0.15, 0.2) is 5.82 Å². The Balaban J connectivity index is 1.95. The molecule has 3 rings (SSSR count). The number of aromatic nitrogens is 4. The van der Waals surface area contributed by atoms with Crippen LogP contribution in [0.1, 0.15) is 58.8 Å². The summed E-state index contributed by atoms with van der Waals surface area (Å²) in [4.78, 5) is 0. The Kier molecular flexibility index (Phi) is 2.93. The third-order valence-corrected chi connectivity index (χ3v) is 5.53. The lowest BCUT2D eigenvalue weighted by atomic mass is 9.68. The summed E-state index contributed by atoms with van der Waals surface area (Å²) in [5, 5.41) is 15.8. The average Bonchev–Trinajstić information content (AvgIpc) is 2.98. The molecule has 2 bridgehead atoms. The largest absolute Gasteiger partial charge is 0.310 e. The SMILES string of the molecule is CCNCc1nnnn1C1C2(C)CCC(C2)C1(C)C. The van der Waals surface area contributed by atoms with Crippen molar-refractivity contribution in [3.8, 4) is 0 Å². The van der Waals surface area contributed by atoms with Crippen LogP contribution in [0.3, 0.4) is 0 Å². The van der Waals surface area contributed by atoms with Crippen molar-refractivity contribution in [2.75, 3.05) is 6.54 Å². The van der Waals surface area contributed by atoms with Gasteiger partial charge in [0.25, 0.3) is 0 Å². The minimum absolute atomic E-state index is 0.295. The second-order valence-electron chi connectivity index (χ2n) is 7.14. The van der Waals surface area contributed by atoms with Crippen LogP contribution in [0.4, 0.5) is 0 Å². The quantitative estimate of drug-likeness (QED) is 0.904. The topological polar surface area (TPSA) is 55.6 Å². The molecule has 5 heteroatoms. The van der Waals surface area contributed by atoms with Gasteiger partial charge >= 0.3 is 0 Å². The Morgan fingerprint density at radius 1 is 1.37 bits per heavy atom. The van der Waals surface area contributed by atoms with Crippen LogP contribution in [-0.4, -0.2) is 26.8 Å². The summed E-state index contributed by atoms with van der Waals surface area (Å²) in [6.07, 6.45) is 4.00. The van der Waals surface area contributed by atoms with E-state index in [-0.39, 0.29) is 0 Å². The summed E-state index contributed by atoms with van der Waals surface area (Å²) in [6, 6.07) is 0.433. The Morgan fingerprint density at radius 3 is 2.79 bits per heavy atom. The first kappa shape index (κ1) is 13.0. The standard InChI is InChI=1S/C14H25N5/c1-5-15-9-11-16-17-18-19(11)12-13(2,3)10-6-7-14(12,4)8-10/h10,12,15H,5-9H2,1-4H3. The van der Waals surface area contributed by atoms with Crippen LogP contribution >= 0.6 is 0 Å². The van der Waals surface area contributed by atoms with E-state index in [4.69, 9.17) is 0 Å². The lowest BCUT2D eigenvalue weighted by molar-refractivity contribution is 0.0692. The summed E-state index contributed by atoms with van der Waals surface area (Å²) in [5.41, 5.74) is 0.661. The molecule has 0 aromatic carbocycles. The van der Waals surface area contributed by atoms with Gasteiger partial charge in [-0.05, 0) is 53.0 Å². The van der Waals surface area contributed by atoms with Crippen molar-refractivity contribution < 1.29 is 0 Å². The molecule has 2 aliphatic carbocycles. The van der Waals surface area contributed by atoms with Crippen LogP contribution in [0, 0.1) is 16.7 Å². The first-order valence-electron chi connectivity index (χ1n) is 7.46. The molecule has 19 heavy (non-hydrogen) atoms. The highest BCUT2D eigenvalue weighted by Crippen LogP contribution is 2.67. The molecule has 5 nitrogen and oxygen atoms in total. The van der Waals surface area contributed by atoms with Gasteiger partial charge in [-0.25, -0.2) is 4.68 Å². The maximum atomic E-state index is 4.33. The monoisotopic (exact) mass is 263 g/mol. The van der Waals surface area contributed by atoms with Crippen molar-refractivity contribution in [2.45, 2.75) is 59.5 Å². The Morgan fingerprint density at radius 2 is 2.16 bits per heavy atom. The minimum Gasteiger partial charge on any atom is -0.310 e. The van der Waals surface area contributed by atoms with Crippen LogP contribution in [0.25, 0.3) is 0 Å². The third-order valence-electron chi connectivity index (χ3n) is 5.53. The molecule has 0 spiro atoms. The van der Waals surface area contributed by atoms with Gasteiger partial charge in [0, 0.05) is 0 Å². The number of fused-ring (bicyclic) bond motifs is 2. The molecule has 1 heterocycles. The molecule has 0 radical (unpaired) electrons. The van der Waals surface area contributed by atoms with E-state index < -0.39 is 0 Å². The normalized spacial score (nSPS) is 36.0. The van der Waals surface area contributed by atoms with Gasteiger partial charge in [0.2, 0.25) is 0 Å². The Bertz CT molecular complexity index is 461. The number of hydrogen-bond acceptors (Lipinski definition) is 4. The fraction of sp³-hybridized carbons (Fsp3) is 0.929. The molecule has 3 unspecified atom stereocenters. The maximum Gasteiger partial charge on any atom is 0.165 e. The van der Waals surface area contributed by atoms with Gasteiger partial charge in [-0.3, -0.25) is 0 Å². The van der Waals surface area contributed by atoms with E-state index in [0.717, 1.165) is 24.8 Å². The van der Waals surface area contributed by atoms with Crippen molar-refractivity contribution in [1.29, 1.82) is 0 Å². The summed E-state index contributed by atoms with van der Waals surface area (Å²) >= 11 is 0. The van der Waals surface area contributed by atoms with E-state index in [2.05, 4.69) is 53.2 Å². The summed E-state index contributed by atoms with van der Waals surface area (Å²) in [7, 11) is 0. The molecule has 2 aliphatic rings. The molecular weight excluding hydrogens is 238 g/mol. The number of nitrogens with zero attached hydrogens (tertiary/aromatic N) is 4. The fourth-order valence-corrected chi connectivity index (χ4v) is 4.65. The molecule has 106 valence electrons. The average molecular weight is 263 g/mol. The zero-order chi connectivity index (χ0) is 13.7. The predicted octanol–water partition coefficient (Wildman–Crippen LogP) is 2.17. The Hall–Kier alpha value is -0.970. The smallest absolute Gasteiger partial charge is 0.165 e. The number of hydrogen-bond donors (Lipinski definition) is 1. The lowest BCUT2D eigenvalue weighted by Gasteiger charge is -2.42. The van der Waals surface area contributed by atoms with E-state index in [1.165, 1.54) is 19.3 Å². The molecule has 0 saturated heterocycles. The van der Waals surface area contributed by atoms with Gasteiger partial charge in [-0.1, -0.05) is 27.7 Å². The first-order valence-corrected chi connectivity index (χ1v) is 7.46. The van der Waals surface area contributed by atoms with Crippen LogP contribution in [-0.2, 0) is 6.54 Å². The molecule has 1 aromatic rings. The van der Waals surface area contributed by atoms with Crippen molar-refractivity contribution in [3.63, 3.8) is 0 Å². The van der Waals surface area contributed by atoms with Crippen LogP contribution in [0.15, 0.2) is 0 Å². The Labute approximate surface area is 115 Å². The third kappa shape index (κ3) is 1.82. The number of tetrazole rings is 1. The highest BCUT2D eigenvalue weighted by atomic mass is 15.6. The first-order chi connectivity index (χ1) is 8.99. The second-order valence-corrected chi connectivity index (χ2v) is 7.14. The number of rotatable bonds is 4. The maximum absolute atomic E-state index is 4.33. The molecular formula is C14H25N5. The summed E-state index contributed by atoms with van der Waals surface area (Å²) in [5.74, 6) is 1.80. The molecule has 0 amide bonds. The van der Waals surface area contributed by atoms with Crippen LogP contribution in [0.5, 0.6) is 0 Å². The molecule has 3 atom stereocenters. The van der Waals surface area contributed by atoms with Gasteiger partial charge < -0.3 is 5.32 Å². The zero-order valence-electron chi connectivity index (χ0n) is 12.5. The van der Waals surface area contributed by atoms with Crippen LogP contribution in [0.2, 0.25) is 0 Å². The van der Waals surface area contributed by atoms with E-state index >= 15 is 0 Å². The minimum atomic E-state index is 0.295. The highest BCUT2D eigenvalue weighted by molar-refractivity contribution is 5.11. The van der Waals surface area contributed by atoms with Crippen LogP contribution < -0.4 is 5.32 Å². The van der Waals surface area contributed by atoms with E-state index in [9.17, 15) is 0 Å². The lowest BCUT2D eigenvalue weighted by Crippen LogP contribution is -2.39. The molecule has 0 aliphatic heterocycles. The van der Waals surface area contributed by atoms with E-state index in [1.807, 2.05) is 0 Å². The van der Waals surface area contributed by atoms with Gasteiger partial charge in [0.1, 0.15) is 0 Å². The van der Waals surface area contributed by atoms with Crippen molar-refractivity contribution in [2.24, 2.45) is 16.7 Å². The zero-order valence-corrected chi connectivity index (χ0v) is 12.5. The molecule has 2 fully saturated rings. The second kappa shape index (κ2) is 4.27. The van der Waals surface area contributed by atoms with E-state index in [1.54, 1.807) is 0 Å². The molecule has 2 saturated carbocycles. The highest BCUT2D eigenvalue weighted by Gasteiger charge is 2.61. The molecule has 1 N–H and O–H groups in total. The predicted molar refractivity (Wildman–Crippen MR) is 73.5 cm³/mol. The van der Waals surface area contributed by atoms with Crippen molar-refractivity contribution in [1.82, 2.24) is 25.5 Å². The summed E-state index contributed by atoms with van der Waals surface area (Å²) < 4.78 is 2.11. The van der Waals surface area contributed by atoms with E-state index in [0.29, 0.717) is 16.9 Å². The van der Waals surface area contributed by atoms with Crippen molar-refractivity contribution in [3.05, 3.63) is 5.82 Å². The van der Waals surface area contributed by atoms with Gasteiger partial charge in [-0.15, -0.1) is 5.10 Å².